The lowest BCUT2D eigenvalue weighted by molar-refractivity contribution is -0.151. The third-order valence-electron chi connectivity index (χ3n) is 5.24. The van der Waals surface area contributed by atoms with Crippen molar-refractivity contribution < 1.29 is 19.5 Å². The first-order valence-corrected chi connectivity index (χ1v) is 7.48. The van der Waals surface area contributed by atoms with Crippen LogP contribution in [0.2, 0.25) is 0 Å². The molecule has 1 saturated heterocycles. The van der Waals surface area contributed by atoms with Gasteiger partial charge in [0.25, 0.3) is 0 Å². The van der Waals surface area contributed by atoms with Crippen molar-refractivity contribution in [3.8, 4) is 0 Å². The lowest BCUT2D eigenvalue weighted by Gasteiger charge is -2.35. The van der Waals surface area contributed by atoms with Crippen molar-refractivity contribution in [2.45, 2.75) is 19.3 Å². The number of allylic oxidation sites excluding steroid dienone is 2. The third-order valence-corrected chi connectivity index (χ3v) is 5.24. The summed E-state index contributed by atoms with van der Waals surface area (Å²) in [5, 5.41) is 9.40. The Balaban J connectivity index is 1.70. The maximum atomic E-state index is 12.7. The summed E-state index contributed by atoms with van der Waals surface area (Å²) in [6.07, 6.45) is 5.85. The molecule has 21 heavy (non-hydrogen) atoms. The van der Waals surface area contributed by atoms with Gasteiger partial charge < -0.3 is 15.7 Å². The van der Waals surface area contributed by atoms with Crippen LogP contribution in [0, 0.1) is 29.6 Å². The van der Waals surface area contributed by atoms with Crippen LogP contribution in [0.3, 0.4) is 0 Å². The summed E-state index contributed by atoms with van der Waals surface area (Å²) in [4.78, 5) is 37.0. The predicted molar refractivity (Wildman–Crippen MR) is 73.9 cm³/mol. The molecule has 0 unspecified atom stereocenters. The molecule has 0 spiro atoms. The Labute approximate surface area is 123 Å². The molecule has 114 valence electrons. The molecule has 2 fully saturated rings. The van der Waals surface area contributed by atoms with Crippen LogP contribution in [-0.4, -0.2) is 40.9 Å². The lowest BCUT2D eigenvalue weighted by Crippen LogP contribution is -2.47. The van der Waals surface area contributed by atoms with E-state index in [-0.39, 0.29) is 29.6 Å². The number of carbonyl (C=O) groups is 3. The molecule has 3 aliphatic rings. The van der Waals surface area contributed by atoms with Gasteiger partial charge in [0.15, 0.2) is 0 Å². The molecule has 6 heteroatoms. The maximum absolute atomic E-state index is 12.7. The molecule has 1 heterocycles. The van der Waals surface area contributed by atoms with Crippen LogP contribution in [0.5, 0.6) is 0 Å². The minimum Gasteiger partial charge on any atom is -0.481 e. The summed E-state index contributed by atoms with van der Waals surface area (Å²) in [5.41, 5.74) is 5.29. The van der Waals surface area contributed by atoms with E-state index in [9.17, 15) is 19.5 Å². The number of hydrogen-bond acceptors (Lipinski definition) is 3. The molecular formula is C15H20N2O4. The van der Waals surface area contributed by atoms with Crippen molar-refractivity contribution in [2.75, 3.05) is 13.1 Å². The van der Waals surface area contributed by atoms with E-state index in [1.54, 1.807) is 4.90 Å². The van der Waals surface area contributed by atoms with E-state index in [2.05, 4.69) is 0 Å². The van der Waals surface area contributed by atoms with Gasteiger partial charge in [-0.2, -0.15) is 0 Å². The number of fused-ring (bicyclic) bond motifs is 2. The van der Waals surface area contributed by atoms with Crippen molar-refractivity contribution in [3.05, 3.63) is 12.2 Å². The number of piperidine rings is 1. The van der Waals surface area contributed by atoms with Crippen molar-refractivity contribution in [2.24, 2.45) is 35.3 Å². The Morgan fingerprint density at radius 1 is 1.05 bits per heavy atom. The maximum Gasteiger partial charge on any atom is 0.307 e. The van der Waals surface area contributed by atoms with E-state index in [0.717, 1.165) is 6.42 Å². The van der Waals surface area contributed by atoms with Crippen LogP contribution in [0.4, 0.5) is 0 Å². The molecule has 2 amide bonds. The standard InChI is InChI=1S/C15H20N2O4/c16-13(18)8-3-5-17(6-4-8)14(19)11-9-1-2-10(7-9)12(11)15(20)21/h1-2,8-12H,3-7H2,(H2,16,18)(H,20,21)/t9-,10-,11-,12+/m1/s1. The smallest absolute Gasteiger partial charge is 0.307 e. The van der Waals surface area contributed by atoms with E-state index >= 15 is 0 Å². The van der Waals surface area contributed by atoms with Gasteiger partial charge in [0.1, 0.15) is 0 Å². The van der Waals surface area contributed by atoms with Gasteiger partial charge in [0.2, 0.25) is 11.8 Å². The second-order valence-corrected chi connectivity index (χ2v) is 6.34. The van der Waals surface area contributed by atoms with Crippen LogP contribution in [0.25, 0.3) is 0 Å². The van der Waals surface area contributed by atoms with Gasteiger partial charge in [0, 0.05) is 19.0 Å². The van der Waals surface area contributed by atoms with Gasteiger partial charge in [-0.3, -0.25) is 14.4 Å². The van der Waals surface area contributed by atoms with E-state index in [1.165, 1.54) is 0 Å². The zero-order valence-corrected chi connectivity index (χ0v) is 11.8. The molecule has 0 aromatic rings. The van der Waals surface area contributed by atoms with Crippen molar-refractivity contribution in [3.63, 3.8) is 0 Å². The molecule has 3 rings (SSSR count). The molecule has 0 aromatic heterocycles. The second kappa shape index (κ2) is 5.16. The van der Waals surface area contributed by atoms with Crippen LogP contribution in [0.15, 0.2) is 12.2 Å². The van der Waals surface area contributed by atoms with Crippen LogP contribution >= 0.6 is 0 Å². The van der Waals surface area contributed by atoms with Crippen LogP contribution < -0.4 is 5.73 Å². The normalized spacial score (nSPS) is 35.1. The van der Waals surface area contributed by atoms with Crippen molar-refractivity contribution >= 4 is 17.8 Å². The molecule has 2 bridgehead atoms. The number of primary amides is 1. The molecule has 3 N–H and O–H groups in total. The molecule has 2 aliphatic carbocycles. The number of carboxylic acid groups (broad SMARTS) is 1. The number of hydrogen-bond donors (Lipinski definition) is 2. The molecule has 6 nitrogen and oxygen atoms in total. The highest BCUT2D eigenvalue weighted by Crippen LogP contribution is 2.49. The largest absolute Gasteiger partial charge is 0.481 e. The molecular weight excluding hydrogens is 272 g/mol. The van der Waals surface area contributed by atoms with Gasteiger partial charge in [-0.05, 0) is 31.1 Å². The number of amides is 2. The molecule has 1 aliphatic heterocycles. The van der Waals surface area contributed by atoms with Crippen molar-refractivity contribution in [1.82, 2.24) is 4.90 Å². The van der Waals surface area contributed by atoms with Gasteiger partial charge in [-0.25, -0.2) is 0 Å². The minimum absolute atomic E-state index is 0.00962. The summed E-state index contributed by atoms with van der Waals surface area (Å²) in [5.74, 6) is -2.41. The number of carbonyl (C=O) groups excluding carboxylic acids is 2. The highest BCUT2D eigenvalue weighted by Gasteiger charge is 2.52. The second-order valence-electron chi connectivity index (χ2n) is 6.34. The average Bonchev–Trinajstić information content (AvgIpc) is 3.07. The fourth-order valence-corrected chi connectivity index (χ4v) is 4.09. The van der Waals surface area contributed by atoms with E-state index in [1.807, 2.05) is 12.2 Å². The number of carboxylic acids is 1. The van der Waals surface area contributed by atoms with Gasteiger partial charge in [0.05, 0.1) is 11.8 Å². The summed E-state index contributed by atoms with van der Waals surface area (Å²) in [6, 6.07) is 0. The van der Waals surface area contributed by atoms with Gasteiger partial charge in [-0.1, -0.05) is 12.2 Å². The monoisotopic (exact) mass is 292 g/mol. The number of aliphatic carboxylic acids is 1. The van der Waals surface area contributed by atoms with E-state index in [0.29, 0.717) is 25.9 Å². The SMILES string of the molecule is NC(=O)C1CCN(C(=O)[C@H]2[C@@H](C(=O)O)[C@@H]3C=C[C@@H]2C3)CC1. The third kappa shape index (κ3) is 2.32. The zero-order chi connectivity index (χ0) is 15.1. The summed E-state index contributed by atoms with van der Waals surface area (Å²) in [6.45, 7) is 0.993. The Morgan fingerprint density at radius 2 is 1.62 bits per heavy atom. The first-order valence-electron chi connectivity index (χ1n) is 7.48. The molecule has 0 radical (unpaired) electrons. The highest BCUT2D eigenvalue weighted by atomic mass is 16.4. The number of rotatable bonds is 3. The quantitative estimate of drug-likeness (QED) is 0.727. The summed E-state index contributed by atoms with van der Waals surface area (Å²) in [7, 11) is 0. The molecule has 1 saturated carbocycles. The molecule has 4 atom stereocenters. The Kier molecular flexibility index (Phi) is 3.47. The van der Waals surface area contributed by atoms with Crippen molar-refractivity contribution in [1.29, 1.82) is 0 Å². The first-order chi connectivity index (χ1) is 9.99. The number of nitrogens with two attached hydrogens (primary N) is 1. The van der Waals surface area contributed by atoms with Gasteiger partial charge >= 0.3 is 5.97 Å². The minimum atomic E-state index is -0.878. The number of likely N-dealkylation sites (tertiary alicyclic amines) is 1. The predicted octanol–water partition coefficient (Wildman–Crippen LogP) is 0.233. The summed E-state index contributed by atoms with van der Waals surface area (Å²) < 4.78 is 0. The average molecular weight is 292 g/mol. The fraction of sp³-hybridized carbons (Fsp3) is 0.667. The topological polar surface area (TPSA) is 101 Å². The van der Waals surface area contributed by atoms with Crippen LogP contribution in [0.1, 0.15) is 19.3 Å². The highest BCUT2D eigenvalue weighted by molar-refractivity contribution is 5.87. The first kappa shape index (κ1) is 14.1. The lowest BCUT2D eigenvalue weighted by atomic mass is 9.81. The van der Waals surface area contributed by atoms with Gasteiger partial charge in [-0.15, -0.1) is 0 Å². The van der Waals surface area contributed by atoms with Crippen LogP contribution in [-0.2, 0) is 14.4 Å². The summed E-state index contributed by atoms with van der Waals surface area (Å²) >= 11 is 0. The molecule has 0 aromatic carbocycles. The van der Waals surface area contributed by atoms with E-state index < -0.39 is 17.8 Å². The number of nitrogens with zero attached hydrogens (tertiary/aromatic N) is 1. The fourth-order valence-electron chi connectivity index (χ4n) is 4.09. The van der Waals surface area contributed by atoms with E-state index in [4.69, 9.17) is 5.73 Å². The Bertz CT molecular complexity index is 508. The Morgan fingerprint density at radius 3 is 2.14 bits per heavy atom. The Hall–Kier alpha value is -1.85. The zero-order valence-electron chi connectivity index (χ0n) is 11.8.